The van der Waals surface area contributed by atoms with Crippen molar-refractivity contribution in [3.63, 3.8) is 0 Å². The minimum absolute atomic E-state index is 0.0928. The number of ether oxygens (including phenoxy) is 1. The molecule has 11 heavy (non-hydrogen) atoms. The molecular weight excluding hydrogens is 142 g/mol. The summed E-state index contributed by atoms with van der Waals surface area (Å²) in [6.07, 6.45) is 0.0928. The molecule has 0 spiro atoms. The molecule has 0 saturated carbocycles. The highest BCUT2D eigenvalue weighted by molar-refractivity contribution is 5.20. The van der Waals surface area contributed by atoms with Crippen LogP contribution < -0.4 is 10.2 Å². The van der Waals surface area contributed by atoms with E-state index in [0.29, 0.717) is 6.61 Å². The van der Waals surface area contributed by atoms with E-state index in [1.165, 1.54) is 0 Å². The SMILES string of the molecule is c1ccc(OCC2NO2)cc1. The molecule has 1 aliphatic rings. The third-order valence-electron chi connectivity index (χ3n) is 1.43. The summed E-state index contributed by atoms with van der Waals surface area (Å²) in [5.74, 6) is 0.879. The quantitative estimate of drug-likeness (QED) is 0.653. The van der Waals surface area contributed by atoms with Crippen LogP contribution in [0.15, 0.2) is 30.3 Å². The lowest BCUT2D eigenvalue weighted by Crippen LogP contribution is -2.06. The molecule has 1 heterocycles. The number of nitrogens with one attached hydrogen (secondary N) is 1. The average molecular weight is 151 g/mol. The van der Waals surface area contributed by atoms with Crippen molar-refractivity contribution in [2.24, 2.45) is 0 Å². The Balaban J connectivity index is 1.85. The van der Waals surface area contributed by atoms with Crippen molar-refractivity contribution in [1.29, 1.82) is 0 Å². The first-order valence-electron chi connectivity index (χ1n) is 3.54. The standard InChI is InChI=1S/C8H9NO2/c1-2-4-7(5-3-1)10-6-8-9-11-8/h1-5,8-9H,6H2. The van der Waals surface area contributed by atoms with Crippen LogP contribution >= 0.6 is 0 Å². The van der Waals surface area contributed by atoms with Crippen LogP contribution in [-0.2, 0) is 4.84 Å². The Labute approximate surface area is 64.9 Å². The Kier molecular flexibility index (Phi) is 1.75. The molecule has 0 aromatic heterocycles. The van der Waals surface area contributed by atoms with Gasteiger partial charge in [0, 0.05) is 0 Å². The van der Waals surface area contributed by atoms with Crippen molar-refractivity contribution in [3.05, 3.63) is 30.3 Å². The van der Waals surface area contributed by atoms with Gasteiger partial charge in [0.1, 0.15) is 12.4 Å². The number of benzene rings is 1. The van der Waals surface area contributed by atoms with Gasteiger partial charge in [-0.05, 0) is 12.1 Å². The molecule has 1 atom stereocenters. The fourth-order valence-electron chi connectivity index (χ4n) is 0.805. The maximum Gasteiger partial charge on any atom is 0.185 e. The first kappa shape index (κ1) is 6.64. The summed E-state index contributed by atoms with van der Waals surface area (Å²) in [6, 6.07) is 9.68. The zero-order valence-electron chi connectivity index (χ0n) is 5.99. The lowest BCUT2D eigenvalue weighted by molar-refractivity contribution is 0.260. The molecule has 2 rings (SSSR count). The molecule has 1 aliphatic heterocycles. The molecule has 1 saturated heterocycles. The first-order valence-corrected chi connectivity index (χ1v) is 3.54. The molecule has 58 valence electrons. The van der Waals surface area contributed by atoms with Gasteiger partial charge in [0.15, 0.2) is 6.23 Å². The van der Waals surface area contributed by atoms with E-state index in [0.717, 1.165) is 5.75 Å². The molecule has 3 nitrogen and oxygen atoms in total. The zero-order chi connectivity index (χ0) is 7.52. The molecule has 1 aromatic carbocycles. The van der Waals surface area contributed by atoms with Crippen molar-refractivity contribution in [2.75, 3.05) is 6.61 Å². The van der Waals surface area contributed by atoms with E-state index >= 15 is 0 Å². The molecule has 1 aromatic rings. The number of para-hydroxylation sites is 1. The molecule has 1 unspecified atom stereocenters. The second kappa shape index (κ2) is 2.90. The summed E-state index contributed by atoms with van der Waals surface area (Å²) in [4.78, 5) is 4.76. The van der Waals surface area contributed by atoms with Crippen molar-refractivity contribution in [2.45, 2.75) is 6.23 Å². The van der Waals surface area contributed by atoms with Gasteiger partial charge in [0.05, 0.1) is 0 Å². The number of rotatable bonds is 3. The third-order valence-corrected chi connectivity index (χ3v) is 1.43. The summed E-state index contributed by atoms with van der Waals surface area (Å²) in [6.45, 7) is 0.573. The van der Waals surface area contributed by atoms with Gasteiger partial charge in [-0.15, -0.1) is 0 Å². The maximum atomic E-state index is 5.34. The van der Waals surface area contributed by atoms with Crippen molar-refractivity contribution < 1.29 is 9.57 Å². The van der Waals surface area contributed by atoms with Crippen molar-refractivity contribution in [1.82, 2.24) is 5.48 Å². The molecule has 0 radical (unpaired) electrons. The highest BCUT2D eigenvalue weighted by Gasteiger charge is 2.22. The van der Waals surface area contributed by atoms with Gasteiger partial charge in [-0.2, -0.15) is 5.48 Å². The topological polar surface area (TPSA) is 43.7 Å². The van der Waals surface area contributed by atoms with E-state index in [1.807, 2.05) is 30.3 Å². The highest BCUT2D eigenvalue weighted by atomic mass is 16.8. The van der Waals surface area contributed by atoms with Gasteiger partial charge >= 0.3 is 0 Å². The molecule has 1 fully saturated rings. The Morgan fingerprint density at radius 1 is 1.36 bits per heavy atom. The van der Waals surface area contributed by atoms with Crippen LogP contribution in [0.1, 0.15) is 0 Å². The monoisotopic (exact) mass is 151 g/mol. The Bertz CT molecular complexity index is 221. The number of hydrogen-bond acceptors (Lipinski definition) is 3. The van der Waals surface area contributed by atoms with Crippen LogP contribution in [0.5, 0.6) is 5.75 Å². The Morgan fingerprint density at radius 3 is 2.73 bits per heavy atom. The third kappa shape index (κ3) is 1.93. The fraction of sp³-hybridized carbons (Fsp3) is 0.250. The maximum absolute atomic E-state index is 5.34. The van der Waals surface area contributed by atoms with Gasteiger partial charge in [0.2, 0.25) is 0 Å². The summed E-state index contributed by atoms with van der Waals surface area (Å²) in [5.41, 5.74) is 2.68. The van der Waals surface area contributed by atoms with Gasteiger partial charge < -0.3 is 4.74 Å². The Morgan fingerprint density at radius 2 is 2.09 bits per heavy atom. The lowest BCUT2D eigenvalue weighted by Gasteiger charge is -2.00. The van der Waals surface area contributed by atoms with Crippen LogP contribution in [-0.4, -0.2) is 12.8 Å². The fourth-order valence-corrected chi connectivity index (χ4v) is 0.805. The second-order valence-corrected chi connectivity index (χ2v) is 2.35. The number of hydrogen-bond donors (Lipinski definition) is 1. The van der Waals surface area contributed by atoms with Crippen LogP contribution in [0, 0.1) is 0 Å². The molecule has 3 heteroatoms. The van der Waals surface area contributed by atoms with E-state index in [1.54, 1.807) is 0 Å². The summed E-state index contributed by atoms with van der Waals surface area (Å²) in [5, 5.41) is 0. The first-order chi connectivity index (χ1) is 5.45. The summed E-state index contributed by atoms with van der Waals surface area (Å²) >= 11 is 0. The second-order valence-electron chi connectivity index (χ2n) is 2.35. The molecule has 1 N–H and O–H groups in total. The summed E-state index contributed by atoms with van der Waals surface area (Å²) < 4.78 is 5.34. The van der Waals surface area contributed by atoms with E-state index < -0.39 is 0 Å². The van der Waals surface area contributed by atoms with Crippen LogP contribution in [0.2, 0.25) is 0 Å². The van der Waals surface area contributed by atoms with E-state index in [9.17, 15) is 0 Å². The van der Waals surface area contributed by atoms with Crippen molar-refractivity contribution in [3.8, 4) is 5.75 Å². The van der Waals surface area contributed by atoms with E-state index in [2.05, 4.69) is 5.48 Å². The van der Waals surface area contributed by atoms with E-state index in [-0.39, 0.29) is 6.23 Å². The minimum Gasteiger partial charge on any atom is -0.489 e. The van der Waals surface area contributed by atoms with E-state index in [4.69, 9.17) is 9.57 Å². The minimum atomic E-state index is 0.0928. The largest absolute Gasteiger partial charge is 0.489 e. The Hall–Kier alpha value is -1.06. The van der Waals surface area contributed by atoms with Gasteiger partial charge in [0.25, 0.3) is 0 Å². The van der Waals surface area contributed by atoms with Gasteiger partial charge in [-0.1, -0.05) is 18.2 Å². The normalized spacial score (nSPS) is 21.3. The lowest BCUT2D eigenvalue weighted by atomic mass is 10.3. The van der Waals surface area contributed by atoms with Crippen LogP contribution in [0.4, 0.5) is 0 Å². The predicted octanol–water partition coefficient (Wildman–Crippen LogP) is 0.926. The number of hydroxylamine groups is 1. The molecular formula is C8H9NO2. The molecule has 0 aliphatic carbocycles. The highest BCUT2D eigenvalue weighted by Crippen LogP contribution is 2.10. The van der Waals surface area contributed by atoms with Gasteiger partial charge in [-0.25, -0.2) is 0 Å². The van der Waals surface area contributed by atoms with Crippen molar-refractivity contribution >= 4 is 0 Å². The molecule has 0 bridgehead atoms. The average Bonchev–Trinajstić information content (AvgIpc) is 2.86. The zero-order valence-corrected chi connectivity index (χ0v) is 5.99. The summed E-state index contributed by atoms with van der Waals surface area (Å²) in [7, 11) is 0. The van der Waals surface area contributed by atoms with Gasteiger partial charge in [-0.3, -0.25) is 4.84 Å². The smallest absolute Gasteiger partial charge is 0.185 e. The molecule has 0 amide bonds. The predicted molar refractivity (Wildman–Crippen MR) is 39.9 cm³/mol. The van der Waals surface area contributed by atoms with Crippen LogP contribution in [0.25, 0.3) is 0 Å². The van der Waals surface area contributed by atoms with Crippen LogP contribution in [0.3, 0.4) is 0 Å².